The van der Waals surface area contributed by atoms with E-state index < -0.39 is 6.10 Å². The minimum absolute atomic E-state index is 0.00778. The van der Waals surface area contributed by atoms with Gasteiger partial charge in [0.2, 0.25) is 0 Å². The van der Waals surface area contributed by atoms with E-state index >= 15 is 0 Å². The predicted molar refractivity (Wildman–Crippen MR) is 75.0 cm³/mol. The second-order valence-corrected chi connectivity index (χ2v) is 5.48. The second kappa shape index (κ2) is 6.22. The third kappa shape index (κ3) is 3.70. The van der Waals surface area contributed by atoms with Crippen LogP contribution in [-0.2, 0) is 0 Å². The molecular weight excluding hydrogens is 259 g/mol. The third-order valence-electron chi connectivity index (χ3n) is 3.63. The quantitative estimate of drug-likeness (QED) is 0.868. The molecule has 1 fully saturated rings. The van der Waals surface area contributed by atoms with Crippen molar-refractivity contribution in [3.8, 4) is 0 Å². The molecule has 0 aromatic heterocycles. The Morgan fingerprint density at radius 3 is 2.90 bits per heavy atom. The van der Waals surface area contributed by atoms with E-state index in [0.29, 0.717) is 18.5 Å². The molecule has 1 aromatic rings. The van der Waals surface area contributed by atoms with Crippen LogP contribution in [0.4, 0.5) is 9.18 Å². The number of hydrogen-bond acceptors (Lipinski definition) is 2. The highest BCUT2D eigenvalue weighted by Gasteiger charge is 2.41. The van der Waals surface area contributed by atoms with Gasteiger partial charge in [-0.25, -0.2) is 9.18 Å². The van der Waals surface area contributed by atoms with Crippen LogP contribution >= 0.6 is 0 Å². The normalized spacial score (nSPS) is 22.2. The monoisotopic (exact) mass is 280 g/mol. The maximum absolute atomic E-state index is 13.6. The highest BCUT2D eigenvalue weighted by molar-refractivity contribution is 5.74. The average molecular weight is 280 g/mol. The molecule has 2 N–H and O–H groups in total. The van der Waals surface area contributed by atoms with Gasteiger partial charge in [-0.15, -0.1) is 0 Å². The van der Waals surface area contributed by atoms with E-state index in [0.717, 1.165) is 6.42 Å². The van der Waals surface area contributed by atoms with Gasteiger partial charge in [0, 0.05) is 25.6 Å². The highest BCUT2D eigenvalue weighted by atomic mass is 19.1. The van der Waals surface area contributed by atoms with Gasteiger partial charge in [-0.1, -0.05) is 18.2 Å². The van der Waals surface area contributed by atoms with Crippen LogP contribution in [0.2, 0.25) is 0 Å². The smallest absolute Gasteiger partial charge is 0.317 e. The number of amides is 2. The molecule has 3 atom stereocenters. The van der Waals surface area contributed by atoms with Crippen LogP contribution in [-0.4, -0.2) is 41.8 Å². The Kier molecular flexibility index (Phi) is 4.60. The van der Waals surface area contributed by atoms with Gasteiger partial charge in [0.25, 0.3) is 0 Å². The summed E-state index contributed by atoms with van der Waals surface area (Å²) in [5, 5.41) is 12.1. The van der Waals surface area contributed by atoms with Crippen molar-refractivity contribution in [3.63, 3.8) is 0 Å². The van der Waals surface area contributed by atoms with Crippen molar-refractivity contribution in [3.05, 3.63) is 35.6 Å². The fourth-order valence-electron chi connectivity index (χ4n) is 2.22. The van der Waals surface area contributed by atoms with Crippen LogP contribution < -0.4 is 5.32 Å². The molecule has 2 rings (SSSR count). The minimum atomic E-state index is -0.419. The van der Waals surface area contributed by atoms with E-state index in [-0.39, 0.29) is 23.8 Å². The first-order chi connectivity index (χ1) is 9.49. The summed E-state index contributed by atoms with van der Waals surface area (Å²) in [5.74, 6) is -0.137. The zero-order valence-corrected chi connectivity index (χ0v) is 11.8. The minimum Gasteiger partial charge on any atom is -0.393 e. The topological polar surface area (TPSA) is 52.6 Å². The van der Waals surface area contributed by atoms with Crippen molar-refractivity contribution in [2.75, 3.05) is 13.6 Å². The van der Waals surface area contributed by atoms with E-state index in [4.69, 9.17) is 0 Å². The van der Waals surface area contributed by atoms with Crippen molar-refractivity contribution in [1.29, 1.82) is 0 Å². The molecule has 3 unspecified atom stereocenters. The summed E-state index contributed by atoms with van der Waals surface area (Å²) in [6, 6.07) is 6.52. The van der Waals surface area contributed by atoms with E-state index in [9.17, 15) is 14.3 Å². The second-order valence-electron chi connectivity index (χ2n) is 5.48. The number of halogens is 1. The molecule has 2 amide bonds. The summed E-state index contributed by atoms with van der Waals surface area (Å²) < 4.78 is 13.6. The van der Waals surface area contributed by atoms with Crippen LogP contribution in [0.3, 0.4) is 0 Å². The summed E-state index contributed by atoms with van der Waals surface area (Å²) in [4.78, 5) is 13.5. The van der Waals surface area contributed by atoms with Gasteiger partial charge >= 0.3 is 6.03 Å². The zero-order valence-electron chi connectivity index (χ0n) is 11.8. The molecule has 110 valence electrons. The molecule has 20 heavy (non-hydrogen) atoms. The van der Waals surface area contributed by atoms with Crippen molar-refractivity contribution >= 4 is 6.03 Å². The molecule has 4 nitrogen and oxygen atoms in total. The fraction of sp³-hybridized carbons (Fsp3) is 0.533. The largest absolute Gasteiger partial charge is 0.393 e. The average Bonchev–Trinajstić information content (AvgIpc) is 3.15. The predicted octanol–water partition coefficient (Wildman–Crippen LogP) is 2.09. The molecule has 0 spiro atoms. The summed E-state index contributed by atoms with van der Waals surface area (Å²) in [7, 11) is 1.69. The van der Waals surface area contributed by atoms with Crippen LogP contribution in [0.5, 0.6) is 0 Å². The van der Waals surface area contributed by atoms with E-state index in [2.05, 4.69) is 5.32 Å². The first kappa shape index (κ1) is 14.8. The van der Waals surface area contributed by atoms with Crippen molar-refractivity contribution in [1.82, 2.24) is 10.2 Å². The molecule has 1 aliphatic carbocycles. The molecule has 0 bridgehead atoms. The van der Waals surface area contributed by atoms with Gasteiger partial charge < -0.3 is 15.3 Å². The summed E-state index contributed by atoms with van der Waals surface area (Å²) in [6.45, 7) is 2.20. The number of carbonyl (C=O) groups excluding carboxylic acids is 1. The molecular formula is C15H21FN2O2. The molecule has 0 aliphatic heterocycles. The van der Waals surface area contributed by atoms with Gasteiger partial charge in [0.15, 0.2) is 0 Å². The van der Waals surface area contributed by atoms with Crippen LogP contribution in [0, 0.1) is 5.82 Å². The SMILES string of the molecule is CC(O)CCN(C)C(=O)NC1CC1c1ccccc1F. The van der Waals surface area contributed by atoms with Gasteiger partial charge in [-0.2, -0.15) is 0 Å². The number of carbonyl (C=O) groups is 1. The maximum atomic E-state index is 13.6. The molecule has 0 radical (unpaired) electrons. The van der Waals surface area contributed by atoms with Gasteiger partial charge in [-0.3, -0.25) is 0 Å². The summed E-state index contributed by atoms with van der Waals surface area (Å²) >= 11 is 0. The van der Waals surface area contributed by atoms with Gasteiger partial charge in [0.1, 0.15) is 5.82 Å². The van der Waals surface area contributed by atoms with Crippen LogP contribution in [0.1, 0.15) is 31.2 Å². The maximum Gasteiger partial charge on any atom is 0.317 e. The molecule has 1 saturated carbocycles. The third-order valence-corrected chi connectivity index (χ3v) is 3.63. The number of aliphatic hydroxyl groups excluding tert-OH is 1. The number of hydrogen-bond donors (Lipinski definition) is 2. The standard InChI is InChI=1S/C15H21FN2O2/c1-10(19)7-8-18(2)15(20)17-14-9-12(14)11-5-3-4-6-13(11)16/h3-6,10,12,14,19H,7-9H2,1-2H3,(H,17,20). The number of urea groups is 1. The van der Waals surface area contributed by atoms with Crippen LogP contribution in [0.25, 0.3) is 0 Å². The Hall–Kier alpha value is -1.62. The zero-order chi connectivity index (χ0) is 14.7. The fourth-order valence-corrected chi connectivity index (χ4v) is 2.22. The van der Waals surface area contributed by atoms with Gasteiger partial charge in [-0.05, 0) is 31.4 Å². The van der Waals surface area contributed by atoms with Crippen molar-refractivity contribution in [2.24, 2.45) is 0 Å². The Morgan fingerprint density at radius 1 is 1.55 bits per heavy atom. The van der Waals surface area contributed by atoms with E-state index in [1.807, 2.05) is 6.07 Å². The highest BCUT2D eigenvalue weighted by Crippen LogP contribution is 2.41. The lowest BCUT2D eigenvalue weighted by Gasteiger charge is -2.18. The number of nitrogens with zero attached hydrogens (tertiary/aromatic N) is 1. The number of rotatable bonds is 5. The molecule has 0 saturated heterocycles. The number of aliphatic hydroxyl groups is 1. The Labute approximate surface area is 118 Å². The van der Waals surface area contributed by atoms with Crippen LogP contribution in [0.15, 0.2) is 24.3 Å². The Balaban J connectivity index is 1.82. The number of benzene rings is 1. The first-order valence-electron chi connectivity index (χ1n) is 6.93. The van der Waals surface area contributed by atoms with E-state index in [1.165, 1.54) is 6.07 Å². The lowest BCUT2D eigenvalue weighted by atomic mass is 10.1. The summed E-state index contributed by atoms with van der Waals surface area (Å²) in [5.41, 5.74) is 0.671. The number of nitrogens with one attached hydrogen (secondary N) is 1. The molecule has 0 heterocycles. The lowest BCUT2D eigenvalue weighted by molar-refractivity contribution is 0.163. The Bertz CT molecular complexity index is 479. The first-order valence-corrected chi connectivity index (χ1v) is 6.93. The lowest BCUT2D eigenvalue weighted by Crippen LogP contribution is -2.40. The van der Waals surface area contributed by atoms with Crippen molar-refractivity contribution < 1.29 is 14.3 Å². The molecule has 1 aromatic carbocycles. The van der Waals surface area contributed by atoms with Gasteiger partial charge in [0.05, 0.1) is 6.10 Å². The van der Waals surface area contributed by atoms with Crippen molar-refractivity contribution in [2.45, 2.75) is 37.8 Å². The van der Waals surface area contributed by atoms with E-state index in [1.54, 1.807) is 31.0 Å². The molecule has 5 heteroatoms. The molecule has 1 aliphatic rings. The summed E-state index contributed by atoms with van der Waals surface area (Å²) in [6.07, 6.45) is 0.903. The Morgan fingerprint density at radius 2 is 2.25 bits per heavy atom.